The predicted octanol–water partition coefficient (Wildman–Crippen LogP) is 5.85. The van der Waals surface area contributed by atoms with Crippen LogP contribution >= 0.6 is 0 Å². The number of hydrogen-bond acceptors (Lipinski definition) is 4. The number of aliphatic imine (C=N–C) groups is 1. The summed E-state index contributed by atoms with van der Waals surface area (Å²) in [5.41, 5.74) is 0.546. The molecule has 0 spiro atoms. The number of hydrogen-bond donors (Lipinski definition) is 1. The normalized spacial score (nSPS) is 17.5. The van der Waals surface area contributed by atoms with Crippen LogP contribution < -0.4 is 10.7 Å². The van der Waals surface area contributed by atoms with E-state index in [1.165, 1.54) is 19.3 Å². The molecule has 2 atom stereocenters. The molecular weight excluding hydrogens is 455 g/mol. The molecule has 0 amide bonds. The van der Waals surface area contributed by atoms with Crippen molar-refractivity contribution >= 4 is 23.0 Å². The zero-order valence-electron chi connectivity index (χ0n) is 18.8. The molecule has 9 heteroatoms. The molecule has 0 aliphatic carbocycles. The number of pyridine rings is 1. The lowest BCUT2D eigenvalue weighted by atomic mass is 9.81. The van der Waals surface area contributed by atoms with Gasteiger partial charge in [-0.1, -0.05) is 43.3 Å². The summed E-state index contributed by atoms with van der Waals surface area (Å²) in [6, 6.07) is 19.3. The highest BCUT2D eigenvalue weighted by molar-refractivity contribution is 5.92. The molecule has 1 aliphatic heterocycles. The second kappa shape index (κ2) is 8.90. The lowest BCUT2D eigenvalue weighted by Crippen LogP contribution is -2.39. The molecule has 1 aliphatic rings. The molecule has 0 saturated carbocycles. The monoisotopic (exact) mass is 477 g/mol. The maximum atomic E-state index is 14.4. The number of halogens is 3. The van der Waals surface area contributed by atoms with Gasteiger partial charge in [0.15, 0.2) is 5.43 Å². The van der Waals surface area contributed by atoms with Crippen LogP contribution in [0.2, 0.25) is 0 Å². The second-order valence-corrected chi connectivity index (χ2v) is 8.44. The van der Waals surface area contributed by atoms with Crippen molar-refractivity contribution in [3.8, 4) is 5.69 Å². The maximum Gasteiger partial charge on any atom is 0.396 e. The van der Waals surface area contributed by atoms with E-state index in [4.69, 9.17) is 4.99 Å². The van der Waals surface area contributed by atoms with Crippen molar-refractivity contribution in [2.75, 3.05) is 5.32 Å². The fraction of sp³-hybridized carbons (Fsp3) is 0.192. The van der Waals surface area contributed by atoms with Crippen LogP contribution in [0.5, 0.6) is 0 Å². The first-order chi connectivity index (χ1) is 16.8. The molecule has 3 heterocycles. The predicted molar refractivity (Wildman–Crippen MR) is 129 cm³/mol. The summed E-state index contributed by atoms with van der Waals surface area (Å²) in [5, 5.41) is 3.18. The van der Waals surface area contributed by atoms with Crippen LogP contribution in [-0.4, -0.2) is 26.0 Å². The van der Waals surface area contributed by atoms with E-state index in [9.17, 15) is 18.0 Å². The number of para-hydroxylation sites is 2. The fourth-order valence-electron chi connectivity index (χ4n) is 4.49. The van der Waals surface area contributed by atoms with Gasteiger partial charge >= 0.3 is 6.18 Å². The third-order valence-electron chi connectivity index (χ3n) is 6.13. The molecule has 4 aromatic rings. The minimum absolute atomic E-state index is 0.0160. The third-order valence-corrected chi connectivity index (χ3v) is 6.13. The molecule has 2 unspecified atom stereocenters. The molecule has 1 N–H and O–H groups in total. The number of benzene rings is 2. The van der Waals surface area contributed by atoms with Gasteiger partial charge in [-0.15, -0.1) is 0 Å². The van der Waals surface area contributed by atoms with Gasteiger partial charge in [0, 0.05) is 41.5 Å². The number of nitrogens with one attached hydrogen (secondary N) is 1. The Morgan fingerprint density at radius 1 is 1.03 bits per heavy atom. The number of imidazole rings is 1. The maximum absolute atomic E-state index is 14.4. The number of alkyl halides is 3. The average Bonchev–Trinajstić information content (AvgIpc) is 3.34. The molecule has 6 nitrogen and oxygen atoms in total. The Balaban J connectivity index is 1.79. The Bertz CT molecular complexity index is 1410. The van der Waals surface area contributed by atoms with Crippen molar-refractivity contribution in [3.05, 3.63) is 101 Å². The highest BCUT2D eigenvalue weighted by Gasteiger charge is 2.50. The van der Waals surface area contributed by atoms with Crippen LogP contribution in [0.15, 0.2) is 95.2 Å². The molecule has 0 bridgehead atoms. The Kier molecular flexibility index (Phi) is 5.76. The van der Waals surface area contributed by atoms with Crippen molar-refractivity contribution in [2.45, 2.75) is 25.6 Å². The van der Waals surface area contributed by atoms with Gasteiger partial charge in [0.2, 0.25) is 0 Å². The third kappa shape index (κ3) is 4.37. The minimum atomic E-state index is -4.63. The standard InChI is InChI=1S/C26H22F3N5O/c1-17-20(15-33-13-12-30-16-33)32-25-23(24(17)26(27,28)29)21(35)14-22(31-18-8-4-2-5-9-18)34(25)19-10-6-3-7-11-19/h2-14,16-17,24,31H,15H2,1H3. The molecule has 0 saturated heterocycles. The van der Waals surface area contributed by atoms with Gasteiger partial charge in [0.1, 0.15) is 11.6 Å². The summed E-state index contributed by atoms with van der Waals surface area (Å²) in [6.07, 6.45) is 0.132. The smallest absolute Gasteiger partial charge is 0.341 e. The lowest BCUT2D eigenvalue weighted by Gasteiger charge is -2.34. The Labute approximate surface area is 199 Å². The molecule has 2 aromatic heterocycles. The first-order valence-electron chi connectivity index (χ1n) is 11.1. The Morgan fingerprint density at radius 3 is 2.34 bits per heavy atom. The SMILES string of the molecule is CC1C(Cn2ccnc2)=Nc2c(c(=O)cc(Nc3ccccc3)n2-c2ccccc2)C1C(F)(F)F. The number of rotatable bonds is 5. The lowest BCUT2D eigenvalue weighted by molar-refractivity contribution is -0.156. The number of nitrogens with zero attached hydrogens (tertiary/aromatic N) is 4. The Morgan fingerprint density at radius 2 is 1.71 bits per heavy atom. The summed E-state index contributed by atoms with van der Waals surface area (Å²) in [4.78, 5) is 21.9. The van der Waals surface area contributed by atoms with Crippen LogP contribution in [0.4, 0.5) is 30.5 Å². The molecular formula is C26H22F3N5O. The molecule has 35 heavy (non-hydrogen) atoms. The Hall–Kier alpha value is -4.14. The van der Waals surface area contributed by atoms with E-state index < -0.39 is 23.4 Å². The second-order valence-electron chi connectivity index (χ2n) is 8.44. The summed E-state index contributed by atoms with van der Waals surface area (Å²) in [5.74, 6) is -2.69. The van der Waals surface area contributed by atoms with Crippen molar-refractivity contribution in [2.24, 2.45) is 10.9 Å². The minimum Gasteiger partial charge on any atom is -0.341 e. The largest absolute Gasteiger partial charge is 0.396 e. The van der Waals surface area contributed by atoms with E-state index in [2.05, 4.69) is 10.3 Å². The zero-order valence-corrected chi connectivity index (χ0v) is 18.8. The van der Waals surface area contributed by atoms with Crippen molar-refractivity contribution in [1.29, 1.82) is 0 Å². The van der Waals surface area contributed by atoms with Crippen molar-refractivity contribution in [3.63, 3.8) is 0 Å². The van der Waals surface area contributed by atoms with Crippen LogP contribution in [0, 0.1) is 5.92 Å². The van der Waals surface area contributed by atoms with E-state index in [0.717, 1.165) is 0 Å². The molecule has 2 aromatic carbocycles. The van der Waals surface area contributed by atoms with Gasteiger partial charge in [-0.05, 0) is 24.3 Å². The van der Waals surface area contributed by atoms with Crippen LogP contribution in [0.1, 0.15) is 18.4 Å². The van der Waals surface area contributed by atoms with E-state index in [-0.39, 0.29) is 17.9 Å². The van der Waals surface area contributed by atoms with Gasteiger partial charge in [0.25, 0.3) is 0 Å². The highest BCUT2D eigenvalue weighted by Crippen LogP contribution is 2.47. The van der Waals surface area contributed by atoms with Crippen molar-refractivity contribution in [1.82, 2.24) is 14.1 Å². The van der Waals surface area contributed by atoms with E-state index in [1.807, 2.05) is 36.4 Å². The quantitative estimate of drug-likeness (QED) is 0.392. The van der Waals surface area contributed by atoms with Crippen molar-refractivity contribution < 1.29 is 13.2 Å². The zero-order chi connectivity index (χ0) is 24.6. The van der Waals surface area contributed by atoms with Gasteiger partial charge < -0.3 is 9.88 Å². The summed E-state index contributed by atoms with van der Waals surface area (Å²) in [6.45, 7) is 1.60. The van der Waals surface area contributed by atoms with Gasteiger partial charge in [-0.2, -0.15) is 13.2 Å². The summed E-state index contributed by atoms with van der Waals surface area (Å²) >= 11 is 0. The number of fused-ring (bicyclic) bond motifs is 1. The molecule has 178 valence electrons. The molecule has 0 fully saturated rings. The summed E-state index contributed by atoms with van der Waals surface area (Å²) < 4.78 is 46.6. The summed E-state index contributed by atoms with van der Waals surface area (Å²) in [7, 11) is 0. The van der Waals surface area contributed by atoms with E-state index >= 15 is 0 Å². The fourth-order valence-corrected chi connectivity index (χ4v) is 4.49. The average molecular weight is 477 g/mol. The molecule has 5 rings (SSSR count). The molecule has 0 radical (unpaired) electrons. The first kappa shape index (κ1) is 22.6. The van der Waals surface area contributed by atoms with Crippen LogP contribution in [0.3, 0.4) is 0 Å². The first-order valence-corrected chi connectivity index (χ1v) is 11.1. The van der Waals surface area contributed by atoms with E-state index in [1.54, 1.807) is 45.8 Å². The van der Waals surface area contributed by atoms with Gasteiger partial charge in [0.05, 0.1) is 24.4 Å². The van der Waals surface area contributed by atoms with E-state index in [0.29, 0.717) is 22.9 Å². The number of aromatic nitrogens is 3. The van der Waals surface area contributed by atoms with Crippen LogP contribution in [-0.2, 0) is 6.54 Å². The number of anilines is 2. The topological polar surface area (TPSA) is 64.2 Å². The van der Waals surface area contributed by atoms with Gasteiger partial charge in [-0.25, -0.2) is 9.98 Å². The van der Waals surface area contributed by atoms with Crippen LogP contribution in [0.25, 0.3) is 5.69 Å². The highest BCUT2D eigenvalue weighted by atomic mass is 19.4. The van der Waals surface area contributed by atoms with Gasteiger partial charge in [-0.3, -0.25) is 9.36 Å².